The molecule has 0 amide bonds. The highest BCUT2D eigenvalue weighted by Crippen LogP contribution is 2.18. The third kappa shape index (κ3) is 7.80. The van der Waals surface area contributed by atoms with Crippen molar-refractivity contribution in [2.75, 3.05) is 31.7 Å². The van der Waals surface area contributed by atoms with E-state index >= 15 is 0 Å². The summed E-state index contributed by atoms with van der Waals surface area (Å²) in [6.45, 7) is 5.38. The van der Waals surface area contributed by atoms with Crippen LogP contribution in [0.1, 0.15) is 24.5 Å². The minimum atomic E-state index is 0.576. The molecule has 0 aliphatic carbocycles. The molecule has 0 aromatic heterocycles. The van der Waals surface area contributed by atoms with Crippen molar-refractivity contribution in [3.8, 4) is 11.5 Å². The number of benzene rings is 3. The molecule has 3 aromatic rings. The number of ether oxygens (including phenoxy) is 3. The monoisotopic (exact) mass is 405 g/mol. The second-order valence-corrected chi connectivity index (χ2v) is 7.00. The average Bonchev–Trinajstić information content (AvgIpc) is 2.80. The molecule has 0 unspecified atom stereocenters. The molecular weight excluding hydrogens is 374 g/mol. The van der Waals surface area contributed by atoms with Gasteiger partial charge in [0.1, 0.15) is 18.1 Å². The van der Waals surface area contributed by atoms with E-state index < -0.39 is 0 Å². The molecule has 4 heteroatoms. The molecule has 0 aliphatic rings. The van der Waals surface area contributed by atoms with Crippen LogP contribution in [0.2, 0.25) is 0 Å². The summed E-state index contributed by atoms with van der Waals surface area (Å²) in [7, 11) is 0. The molecule has 1 N–H and O–H groups in total. The van der Waals surface area contributed by atoms with Gasteiger partial charge in [0.25, 0.3) is 0 Å². The summed E-state index contributed by atoms with van der Waals surface area (Å²) in [4.78, 5) is 0. The van der Waals surface area contributed by atoms with Gasteiger partial charge in [0.15, 0.2) is 0 Å². The Kier molecular flexibility index (Phi) is 9.09. The molecule has 30 heavy (non-hydrogen) atoms. The molecule has 0 fully saturated rings. The minimum absolute atomic E-state index is 0.576. The highest BCUT2D eigenvalue weighted by Gasteiger charge is 1.99. The lowest BCUT2D eigenvalue weighted by Gasteiger charge is -2.10. The minimum Gasteiger partial charge on any atom is -0.494 e. The molecule has 3 rings (SSSR count). The van der Waals surface area contributed by atoms with Crippen LogP contribution in [0.3, 0.4) is 0 Å². The Hall–Kier alpha value is -2.98. The van der Waals surface area contributed by atoms with Crippen molar-refractivity contribution in [3.63, 3.8) is 0 Å². The van der Waals surface area contributed by atoms with E-state index in [0.29, 0.717) is 13.2 Å². The standard InChI is InChI=1S/C26H31NO3/c1-2-28-19-20-30-25-14-10-23(11-15-25)21-27-24-12-16-26(17-13-24)29-18-6-9-22-7-4-3-5-8-22/h3-5,7-8,10-17,27H,2,6,9,18-21H2,1H3. The molecular formula is C26H31NO3. The largest absolute Gasteiger partial charge is 0.494 e. The van der Waals surface area contributed by atoms with Crippen LogP contribution in [0.5, 0.6) is 11.5 Å². The van der Waals surface area contributed by atoms with Gasteiger partial charge in [-0.15, -0.1) is 0 Å². The summed E-state index contributed by atoms with van der Waals surface area (Å²) in [5.41, 5.74) is 3.63. The fourth-order valence-electron chi connectivity index (χ4n) is 3.05. The van der Waals surface area contributed by atoms with Crippen LogP contribution < -0.4 is 14.8 Å². The molecule has 3 aromatic carbocycles. The quantitative estimate of drug-likeness (QED) is 0.369. The number of rotatable bonds is 13. The van der Waals surface area contributed by atoms with Gasteiger partial charge >= 0.3 is 0 Å². The van der Waals surface area contributed by atoms with Crippen LogP contribution in [0.15, 0.2) is 78.9 Å². The van der Waals surface area contributed by atoms with E-state index in [9.17, 15) is 0 Å². The van der Waals surface area contributed by atoms with Gasteiger partial charge in [-0.05, 0) is 67.3 Å². The third-order valence-corrected chi connectivity index (χ3v) is 4.70. The summed E-state index contributed by atoms with van der Waals surface area (Å²) >= 11 is 0. The van der Waals surface area contributed by atoms with Crippen LogP contribution in [-0.4, -0.2) is 26.4 Å². The number of anilines is 1. The molecule has 0 spiro atoms. The fourth-order valence-corrected chi connectivity index (χ4v) is 3.05. The predicted molar refractivity (Wildman–Crippen MR) is 122 cm³/mol. The molecule has 0 saturated heterocycles. The van der Waals surface area contributed by atoms with Gasteiger partial charge < -0.3 is 19.5 Å². The van der Waals surface area contributed by atoms with Gasteiger partial charge in [-0.1, -0.05) is 42.5 Å². The summed E-state index contributed by atoms with van der Waals surface area (Å²) in [5, 5.41) is 3.44. The van der Waals surface area contributed by atoms with Gasteiger partial charge in [0.2, 0.25) is 0 Å². The van der Waals surface area contributed by atoms with Crippen molar-refractivity contribution >= 4 is 5.69 Å². The first kappa shape index (κ1) is 21.7. The lowest BCUT2D eigenvalue weighted by atomic mass is 10.1. The number of hydrogen-bond acceptors (Lipinski definition) is 4. The van der Waals surface area contributed by atoms with Crippen molar-refractivity contribution in [3.05, 3.63) is 90.0 Å². The van der Waals surface area contributed by atoms with E-state index in [2.05, 4.69) is 53.8 Å². The van der Waals surface area contributed by atoms with E-state index in [-0.39, 0.29) is 0 Å². The van der Waals surface area contributed by atoms with Gasteiger partial charge in [0.05, 0.1) is 13.2 Å². The second-order valence-electron chi connectivity index (χ2n) is 7.00. The average molecular weight is 406 g/mol. The topological polar surface area (TPSA) is 39.7 Å². The number of nitrogens with one attached hydrogen (secondary N) is 1. The first-order valence-corrected chi connectivity index (χ1v) is 10.6. The van der Waals surface area contributed by atoms with Gasteiger partial charge in [-0.25, -0.2) is 0 Å². The fraction of sp³-hybridized carbons (Fsp3) is 0.308. The Balaban J connectivity index is 1.35. The van der Waals surface area contributed by atoms with Crippen LogP contribution >= 0.6 is 0 Å². The summed E-state index contributed by atoms with van der Waals surface area (Å²) in [6.07, 6.45) is 2.05. The smallest absolute Gasteiger partial charge is 0.119 e. The SMILES string of the molecule is CCOCCOc1ccc(CNc2ccc(OCCCc3ccccc3)cc2)cc1. The molecule has 0 atom stereocenters. The van der Waals surface area contributed by atoms with Gasteiger partial charge in [-0.2, -0.15) is 0 Å². The zero-order valence-corrected chi connectivity index (χ0v) is 17.7. The van der Waals surface area contributed by atoms with Crippen molar-refractivity contribution < 1.29 is 14.2 Å². The van der Waals surface area contributed by atoms with E-state index in [1.807, 2.05) is 37.3 Å². The maximum atomic E-state index is 5.86. The predicted octanol–water partition coefficient (Wildman–Crippen LogP) is 5.73. The van der Waals surface area contributed by atoms with Gasteiger partial charge in [0, 0.05) is 18.8 Å². The Labute approximate surface area is 179 Å². The molecule has 0 bridgehead atoms. The molecule has 158 valence electrons. The van der Waals surface area contributed by atoms with Crippen molar-refractivity contribution in [2.24, 2.45) is 0 Å². The van der Waals surface area contributed by atoms with E-state index in [0.717, 1.165) is 49.8 Å². The molecule has 4 nitrogen and oxygen atoms in total. The van der Waals surface area contributed by atoms with Crippen molar-refractivity contribution in [2.45, 2.75) is 26.3 Å². The maximum absolute atomic E-state index is 5.86. The maximum Gasteiger partial charge on any atom is 0.119 e. The highest BCUT2D eigenvalue weighted by molar-refractivity contribution is 5.47. The van der Waals surface area contributed by atoms with Crippen molar-refractivity contribution in [1.82, 2.24) is 0 Å². The zero-order valence-electron chi connectivity index (χ0n) is 17.7. The van der Waals surface area contributed by atoms with E-state index in [1.165, 1.54) is 11.1 Å². The lowest BCUT2D eigenvalue weighted by molar-refractivity contribution is 0.110. The molecule has 0 heterocycles. The molecule has 0 saturated carbocycles. The summed E-state index contributed by atoms with van der Waals surface area (Å²) in [6, 6.07) is 26.8. The Bertz CT molecular complexity index is 832. The lowest BCUT2D eigenvalue weighted by Crippen LogP contribution is -2.06. The first-order valence-electron chi connectivity index (χ1n) is 10.6. The summed E-state index contributed by atoms with van der Waals surface area (Å²) < 4.78 is 16.8. The zero-order chi connectivity index (χ0) is 20.9. The first-order chi connectivity index (χ1) is 14.8. The van der Waals surface area contributed by atoms with E-state index in [4.69, 9.17) is 14.2 Å². The molecule has 0 aliphatic heterocycles. The normalized spacial score (nSPS) is 10.6. The Morgan fingerprint density at radius 3 is 2.03 bits per heavy atom. The number of hydrogen-bond donors (Lipinski definition) is 1. The third-order valence-electron chi connectivity index (χ3n) is 4.70. The van der Waals surface area contributed by atoms with Crippen molar-refractivity contribution in [1.29, 1.82) is 0 Å². The number of aryl methyl sites for hydroxylation is 1. The second kappa shape index (κ2) is 12.6. The van der Waals surface area contributed by atoms with E-state index in [1.54, 1.807) is 0 Å². The highest BCUT2D eigenvalue weighted by atomic mass is 16.5. The van der Waals surface area contributed by atoms with Crippen LogP contribution in [-0.2, 0) is 17.7 Å². The summed E-state index contributed by atoms with van der Waals surface area (Å²) in [5.74, 6) is 1.77. The van der Waals surface area contributed by atoms with Crippen LogP contribution in [0, 0.1) is 0 Å². The van der Waals surface area contributed by atoms with Crippen LogP contribution in [0.25, 0.3) is 0 Å². The Morgan fingerprint density at radius 1 is 0.667 bits per heavy atom. The Morgan fingerprint density at radius 2 is 1.33 bits per heavy atom. The van der Waals surface area contributed by atoms with Gasteiger partial charge in [-0.3, -0.25) is 0 Å². The molecule has 0 radical (unpaired) electrons. The van der Waals surface area contributed by atoms with Crippen LogP contribution in [0.4, 0.5) is 5.69 Å².